The maximum atomic E-state index is 12.5. The molecule has 0 aliphatic heterocycles. The number of hydrogen-bond donors (Lipinski definition) is 2. The van der Waals surface area contributed by atoms with Crippen LogP contribution in [0.2, 0.25) is 0 Å². The van der Waals surface area contributed by atoms with E-state index in [0.29, 0.717) is 5.69 Å². The summed E-state index contributed by atoms with van der Waals surface area (Å²) in [4.78, 5) is 17.1. The van der Waals surface area contributed by atoms with Crippen LogP contribution in [0.5, 0.6) is 0 Å². The normalized spacial score (nSPS) is 12.9. The molecular weight excluding hydrogens is 396 g/mol. The number of benzene rings is 2. The predicted molar refractivity (Wildman–Crippen MR) is 113 cm³/mol. The highest BCUT2D eigenvalue weighted by atomic mass is 32.2. The highest BCUT2D eigenvalue weighted by molar-refractivity contribution is 7.89. The van der Waals surface area contributed by atoms with E-state index < -0.39 is 16.1 Å². The van der Waals surface area contributed by atoms with E-state index in [1.807, 2.05) is 25.1 Å². The number of aromatic nitrogens is 1. The Hall–Kier alpha value is -2.49. The molecule has 3 rings (SSSR count). The van der Waals surface area contributed by atoms with Gasteiger partial charge in [0.15, 0.2) is 0 Å². The van der Waals surface area contributed by atoms with Gasteiger partial charge in [-0.25, -0.2) is 17.7 Å². The number of anilines is 2. The molecule has 1 amide bonds. The molecular formula is C19H22N4O3S2. The van der Waals surface area contributed by atoms with E-state index in [-0.39, 0.29) is 10.8 Å². The van der Waals surface area contributed by atoms with Gasteiger partial charge in [0.25, 0.3) is 0 Å². The molecule has 0 bridgehead atoms. The van der Waals surface area contributed by atoms with Gasteiger partial charge in [0.05, 0.1) is 20.1 Å². The van der Waals surface area contributed by atoms with Gasteiger partial charge in [-0.05, 0) is 50.2 Å². The largest absolute Gasteiger partial charge is 0.374 e. The van der Waals surface area contributed by atoms with Gasteiger partial charge in [0.2, 0.25) is 15.9 Å². The number of aryl methyl sites for hydroxylation is 1. The Morgan fingerprint density at radius 1 is 1.14 bits per heavy atom. The SMILES string of the molecule is Cc1nc2ccc(NC(C)C(=O)Nc3cccc(S(=O)(=O)N(C)C)c3)cc2s1. The Labute approximate surface area is 168 Å². The van der Waals surface area contributed by atoms with Gasteiger partial charge in [-0.2, -0.15) is 0 Å². The molecule has 1 atom stereocenters. The molecule has 0 saturated heterocycles. The molecule has 2 aromatic carbocycles. The second-order valence-corrected chi connectivity index (χ2v) is 9.97. The lowest BCUT2D eigenvalue weighted by Crippen LogP contribution is -2.32. The number of rotatable bonds is 6. The smallest absolute Gasteiger partial charge is 0.246 e. The molecule has 0 saturated carbocycles. The second-order valence-electron chi connectivity index (χ2n) is 6.59. The Bertz CT molecular complexity index is 1120. The van der Waals surface area contributed by atoms with Gasteiger partial charge >= 0.3 is 0 Å². The molecule has 0 spiro atoms. The van der Waals surface area contributed by atoms with Crippen LogP contribution in [0.4, 0.5) is 11.4 Å². The maximum absolute atomic E-state index is 12.5. The molecule has 3 aromatic rings. The van der Waals surface area contributed by atoms with Gasteiger partial charge in [-0.15, -0.1) is 11.3 Å². The van der Waals surface area contributed by atoms with Gasteiger partial charge < -0.3 is 10.6 Å². The number of nitrogens with one attached hydrogen (secondary N) is 2. The van der Waals surface area contributed by atoms with Crippen molar-refractivity contribution in [2.24, 2.45) is 0 Å². The Morgan fingerprint density at radius 3 is 2.61 bits per heavy atom. The molecule has 7 nitrogen and oxygen atoms in total. The first-order valence-electron chi connectivity index (χ1n) is 8.64. The van der Waals surface area contributed by atoms with Crippen LogP contribution in [0.1, 0.15) is 11.9 Å². The fourth-order valence-corrected chi connectivity index (χ4v) is 4.46. The zero-order chi connectivity index (χ0) is 20.5. The predicted octanol–water partition coefficient (Wildman–Crippen LogP) is 3.29. The van der Waals surface area contributed by atoms with Crippen LogP contribution in [0, 0.1) is 6.92 Å². The number of sulfonamides is 1. The van der Waals surface area contributed by atoms with Crippen molar-refractivity contribution < 1.29 is 13.2 Å². The Balaban J connectivity index is 1.71. The molecule has 1 unspecified atom stereocenters. The second kappa shape index (κ2) is 7.86. The molecule has 9 heteroatoms. The number of carbonyl (C=O) groups excluding carboxylic acids is 1. The third-order valence-corrected chi connectivity index (χ3v) is 6.90. The van der Waals surface area contributed by atoms with Crippen LogP contribution in [0.25, 0.3) is 10.2 Å². The average Bonchev–Trinajstić information content (AvgIpc) is 3.01. The van der Waals surface area contributed by atoms with Crippen molar-refractivity contribution in [1.82, 2.24) is 9.29 Å². The van der Waals surface area contributed by atoms with Crippen molar-refractivity contribution in [3.63, 3.8) is 0 Å². The first-order valence-corrected chi connectivity index (χ1v) is 10.9. The van der Waals surface area contributed by atoms with E-state index in [2.05, 4.69) is 15.6 Å². The molecule has 0 aliphatic rings. The minimum Gasteiger partial charge on any atom is -0.374 e. The van der Waals surface area contributed by atoms with Crippen molar-refractivity contribution in [1.29, 1.82) is 0 Å². The topological polar surface area (TPSA) is 91.4 Å². The minimum absolute atomic E-state index is 0.127. The highest BCUT2D eigenvalue weighted by Crippen LogP contribution is 2.25. The third kappa shape index (κ3) is 4.32. The van der Waals surface area contributed by atoms with Crippen molar-refractivity contribution >= 4 is 48.9 Å². The lowest BCUT2D eigenvalue weighted by molar-refractivity contribution is -0.116. The quantitative estimate of drug-likeness (QED) is 0.641. The van der Waals surface area contributed by atoms with Crippen LogP contribution >= 0.6 is 11.3 Å². The molecule has 1 heterocycles. The Morgan fingerprint density at radius 2 is 1.89 bits per heavy atom. The van der Waals surface area contributed by atoms with Gasteiger partial charge in [-0.1, -0.05) is 6.07 Å². The number of nitrogens with zero attached hydrogens (tertiary/aromatic N) is 2. The monoisotopic (exact) mass is 418 g/mol. The fourth-order valence-electron chi connectivity index (χ4n) is 2.64. The Kier molecular flexibility index (Phi) is 5.69. The summed E-state index contributed by atoms with van der Waals surface area (Å²) < 4.78 is 26.7. The zero-order valence-corrected chi connectivity index (χ0v) is 17.7. The van der Waals surface area contributed by atoms with E-state index in [4.69, 9.17) is 0 Å². The standard InChI is InChI=1S/C19H22N4O3S2/c1-12(20-15-8-9-17-18(11-15)27-13(2)21-17)19(24)22-14-6-5-7-16(10-14)28(25,26)23(3)4/h5-12,20H,1-4H3,(H,22,24). The van der Waals surface area contributed by atoms with E-state index in [1.54, 1.807) is 30.4 Å². The highest BCUT2D eigenvalue weighted by Gasteiger charge is 2.19. The van der Waals surface area contributed by atoms with Crippen molar-refractivity contribution in [3.05, 3.63) is 47.5 Å². The van der Waals surface area contributed by atoms with Crippen molar-refractivity contribution in [3.8, 4) is 0 Å². The van der Waals surface area contributed by atoms with Gasteiger partial charge in [0.1, 0.15) is 6.04 Å². The molecule has 0 radical (unpaired) electrons. The van der Waals surface area contributed by atoms with E-state index in [1.165, 1.54) is 26.2 Å². The number of carbonyl (C=O) groups is 1. The van der Waals surface area contributed by atoms with E-state index in [0.717, 1.165) is 25.2 Å². The van der Waals surface area contributed by atoms with Gasteiger partial charge in [-0.3, -0.25) is 4.79 Å². The van der Waals surface area contributed by atoms with E-state index >= 15 is 0 Å². The fraction of sp³-hybridized carbons (Fsp3) is 0.263. The van der Waals surface area contributed by atoms with Crippen LogP contribution in [0.15, 0.2) is 47.4 Å². The summed E-state index contributed by atoms with van der Waals surface area (Å²) in [6.07, 6.45) is 0. The van der Waals surface area contributed by atoms with Gasteiger partial charge in [0, 0.05) is 25.5 Å². The van der Waals surface area contributed by atoms with Crippen LogP contribution < -0.4 is 10.6 Å². The number of fused-ring (bicyclic) bond motifs is 1. The minimum atomic E-state index is -3.56. The summed E-state index contributed by atoms with van der Waals surface area (Å²) in [6, 6.07) is 11.5. The number of thiazole rings is 1. The number of hydrogen-bond acceptors (Lipinski definition) is 6. The molecule has 28 heavy (non-hydrogen) atoms. The summed E-state index contributed by atoms with van der Waals surface area (Å²) in [5, 5.41) is 6.92. The van der Waals surface area contributed by atoms with Crippen LogP contribution in [-0.2, 0) is 14.8 Å². The first-order chi connectivity index (χ1) is 13.2. The summed E-state index contributed by atoms with van der Waals surface area (Å²) in [7, 11) is -0.629. The first kappa shape index (κ1) is 20.2. The average molecular weight is 419 g/mol. The summed E-state index contributed by atoms with van der Waals surface area (Å²) in [6.45, 7) is 3.70. The number of amides is 1. The lowest BCUT2D eigenvalue weighted by Gasteiger charge is -2.16. The molecule has 0 aliphatic carbocycles. The van der Waals surface area contributed by atoms with Crippen LogP contribution in [0.3, 0.4) is 0 Å². The summed E-state index contributed by atoms with van der Waals surface area (Å²) >= 11 is 1.60. The maximum Gasteiger partial charge on any atom is 0.246 e. The van der Waals surface area contributed by atoms with Crippen molar-refractivity contribution in [2.75, 3.05) is 24.7 Å². The molecule has 1 aromatic heterocycles. The van der Waals surface area contributed by atoms with Crippen LogP contribution in [-0.4, -0.2) is 43.8 Å². The summed E-state index contributed by atoms with van der Waals surface area (Å²) in [5.74, 6) is -0.264. The molecule has 148 valence electrons. The lowest BCUT2D eigenvalue weighted by atomic mass is 10.2. The molecule has 2 N–H and O–H groups in total. The zero-order valence-electron chi connectivity index (χ0n) is 16.1. The third-order valence-electron chi connectivity index (χ3n) is 4.15. The van der Waals surface area contributed by atoms with E-state index in [9.17, 15) is 13.2 Å². The summed E-state index contributed by atoms with van der Waals surface area (Å²) in [5.41, 5.74) is 2.18. The van der Waals surface area contributed by atoms with Crippen molar-refractivity contribution in [2.45, 2.75) is 24.8 Å². The molecule has 0 fully saturated rings.